The highest BCUT2D eigenvalue weighted by molar-refractivity contribution is 9.09. The van der Waals surface area contributed by atoms with E-state index in [1.54, 1.807) is 0 Å². The van der Waals surface area contributed by atoms with Crippen molar-refractivity contribution in [1.29, 1.82) is 0 Å². The highest BCUT2D eigenvalue weighted by Gasteiger charge is 2.67. The van der Waals surface area contributed by atoms with Gasteiger partial charge in [-0.25, -0.2) is 0 Å². The van der Waals surface area contributed by atoms with Crippen LogP contribution < -0.4 is 0 Å². The smallest absolute Gasteiger partial charge is 0.175 e. The van der Waals surface area contributed by atoms with E-state index in [9.17, 15) is 4.79 Å². The van der Waals surface area contributed by atoms with Crippen LogP contribution in [0, 0.1) is 17.8 Å². The lowest BCUT2D eigenvalue weighted by atomic mass is 9.60. The van der Waals surface area contributed by atoms with Crippen LogP contribution in [-0.2, 0) is 14.3 Å². The van der Waals surface area contributed by atoms with E-state index in [1.807, 2.05) is 27.7 Å². The molecule has 1 heterocycles. The van der Waals surface area contributed by atoms with Crippen molar-refractivity contribution < 1.29 is 14.3 Å². The molecule has 3 atom stereocenters. The third kappa shape index (κ3) is 2.91. The quantitative estimate of drug-likeness (QED) is 0.720. The van der Waals surface area contributed by atoms with Gasteiger partial charge in [0.1, 0.15) is 5.78 Å². The van der Waals surface area contributed by atoms with Crippen molar-refractivity contribution in [3.05, 3.63) is 0 Å². The van der Waals surface area contributed by atoms with Crippen molar-refractivity contribution in [3.8, 4) is 0 Å². The number of carbonyl (C=O) groups excluding carboxylic acids is 1. The molecule has 0 radical (unpaired) electrons. The molecule has 2 unspecified atom stereocenters. The summed E-state index contributed by atoms with van der Waals surface area (Å²) in [5, 5.41) is 0.962. The zero-order valence-corrected chi connectivity index (χ0v) is 14.2. The van der Waals surface area contributed by atoms with Crippen molar-refractivity contribution in [3.63, 3.8) is 0 Å². The molecular formula is C15H27BrO3. The minimum absolute atomic E-state index is 0.344. The second-order valence-corrected chi connectivity index (χ2v) is 5.51. The van der Waals surface area contributed by atoms with Gasteiger partial charge in [-0.15, -0.1) is 0 Å². The lowest BCUT2D eigenvalue weighted by Gasteiger charge is -2.54. The maximum atomic E-state index is 11.5. The first-order valence-electron chi connectivity index (χ1n) is 7.63. The molecule has 112 valence electrons. The summed E-state index contributed by atoms with van der Waals surface area (Å²) < 4.78 is 11.6. The van der Waals surface area contributed by atoms with Gasteiger partial charge in [-0.2, -0.15) is 0 Å². The molecule has 3 nitrogen and oxygen atoms in total. The molecular weight excluding hydrogens is 308 g/mol. The van der Waals surface area contributed by atoms with Gasteiger partial charge in [-0.1, -0.05) is 43.6 Å². The topological polar surface area (TPSA) is 35.5 Å². The summed E-state index contributed by atoms with van der Waals surface area (Å²) in [5.74, 6) is 1.30. The third-order valence-corrected chi connectivity index (χ3v) is 4.59. The number of halogens is 1. The van der Waals surface area contributed by atoms with Gasteiger partial charge in [0.05, 0.1) is 13.2 Å². The highest BCUT2D eigenvalue weighted by atomic mass is 79.9. The van der Waals surface area contributed by atoms with Gasteiger partial charge in [-0.05, 0) is 12.3 Å². The average molecular weight is 335 g/mol. The van der Waals surface area contributed by atoms with Crippen molar-refractivity contribution in [2.45, 2.75) is 52.7 Å². The van der Waals surface area contributed by atoms with E-state index in [2.05, 4.69) is 15.9 Å². The fourth-order valence-corrected chi connectivity index (χ4v) is 4.10. The van der Waals surface area contributed by atoms with E-state index >= 15 is 0 Å². The van der Waals surface area contributed by atoms with Crippen LogP contribution in [0.15, 0.2) is 0 Å². The molecule has 4 heteroatoms. The van der Waals surface area contributed by atoms with Gasteiger partial charge in [0.15, 0.2) is 5.79 Å². The fraction of sp³-hybridized carbons (Fsp3) is 0.933. The zero-order valence-electron chi connectivity index (χ0n) is 12.6. The van der Waals surface area contributed by atoms with E-state index in [4.69, 9.17) is 9.47 Å². The number of ether oxygens (including phenoxy) is 2. The Morgan fingerprint density at radius 2 is 1.74 bits per heavy atom. The Bertz CT molecular complexity index is 287. The van der Waals surface area contributed by atoms with Crippen LogP contribution in [0.4, 0.5) is 0 Å². The predicted octanol–water partition coefficient (Wildman–Crippen LogP) is 3.79. The van der Waals surface area contributed by atoms with E-state index in [-0.39, 0.29) is 5.79 Å². The number of rotatable bonds is 2. The maximum absolute atomic E-state index is 11.5. The summed E-state index contributed by atoms with van der Waals surface area (Å²) in [6.07, 6.45) is 2.47. The van der Waals surface area contributed by atoms with Crippen LogP contribution in [0.5, 0.6) is 0 Å². The monoisotopic (exact) mass is 334 g/mol. The minimum Gasteiger partial charge on any atom is -0.347 e. The van der Waals surface area contributed by atoms with Crippen LogP contribution in [0.1, 0.15) is 47.0 Å². The minimum atomic E-state index is -0.384. The van der Waals surface area contributed by atoms with Crippen LogP contribution >= 0.6 is 15.9 Å². The molecule has 0 aromatic heterocycles. The first-order chi connectivity index (χ1) is 9.28. The molecule has 19 heavy (non-hydrogen) atoms. The Morgan fingerprint density at radius 1 is 1.16 bits per heavy atom. The molecule has 3 fully saturated rings. The molecule has 0 N–H and O–H groups in total. The molecule has 2 saturated carbocycles. The normalized spacial score (nSPS) is 33.7. The summed E-state index contributed by atoms with van der Waals surface area (Å²) in [4.78, 5) is 11.5. The summed E-state index contributed by atoms with van der Waals surface area (Å²) in [7, 11) is 0. The molecule has 1 spiro atoms. The largest absolute Gasteiger partial charge is 0.347 e. The van der Waals surface area contributed by atoms with Crippen LogP contribution in [0.25, 0.3) is 0 Å². The number of hydrogen-bond acceptors (Lipinski definition) is 3. The van der Waals surface area contributed by atoms with Crippen LogP contribution in [-0.4, -0.2) is 30.1 Å². The third-order valence-electron chi connectivity index (χ3n) is 4.14. The Hall–Kier alpha value is 0.0700. The Labute approximate surface area is 125 Å². The zero-order chi connectivity index (χ0) is 14.5. The number of alkyl halides is 1. The number of Topliss-reactive ketones (excluding diaryl/α,β-unsaturated/α-hetero) is 1. The first kappa shape index (κ1) is 17.1. The molecule has 0 aromatic carbocycles. The Morgan fingerprint density at radius 3 is 2.26 bits per heavy atom. The van der Waals surface area contributed by atoms with Crippen molar-refractivity contribution in [2.75, 3.05) is 18.5 Å². The SMILES string of the molecule is CC.CC.O=C1CC2C(CCBr)C3(OCCO3)[C@@H]2C1. The average Bonchev–Trinajstić information content (AvgIpc) is 3.08. The second-order valence-electron chi connectivity index (χ2n) is 4.72. The number of ketones is 1. The van der Waals surface area contributed by atoms with Gasteiger partial charge < -0.3 is 9.47 Å². The number of carbonyl (C=O) groups is 1. The molecule has 0 amide bonds. The lowest BCUT2D eigenvalue weighted by molar-refractivity contribution is -0.311. The molecule has 1 saturated heterocycles. The molecule has 3 aliphatic rings. The van der Waals surface area contributed by atoms with Gasteiger partial charge in [0.25, 0.3) is 0 Å². The van der Waals surface area contributed by atoms with E-state index < -0.39 is 0 Å². The van der Waals surface area contributed by atoms with E-state index in [0.29, 0.717) is 43.2 Å². The van der Waals surface area contributed by atoms with Gasteiger partial charge >= 0.3 is 0 Å². The van der Waals surface area contributed by atoms with Crippen LogP contribution in [0.2, 0.25) is 0 Å². The first-order valence-corrected chi connectivity index (χ1v) is 8.75. The van der Waals surface area contributed by atoms with Crippen LogP contribution in [0.3, 0.4) is 0 Å². The number of fused-ring (bicyclic) bond motifs is 2. The molecule has 2 aliphatic carbocycles. The van der Waals surface area contributed by atoms with Gasteiger partial charge in [-0.3, -0.25) is 4.79 Å². The lowest BCUT2D eigenvalue weighted by Crippen LogP contribution is -2.61. The summed E-state index contributed by atoms with van der Waals surface area (Å²) >= 11 is 3.47. The Balaban J connectivity index is 0.000000415. The van der Waals surface area contributed by atoms with Crippen molar-refractivity contribution >= 4 is 21.7 Å². The maximum Gasteiger partial charge on any atom is 0.175 e. The molecule has 3 rings (SSSR count). The number of hydrogen-bond donors (Lipinski definition) is 0. The van der Waals surface area contributed by atoms with Gasteiger partial charge in [0, 0.05) is 30.0 Å². The molecule has 0 bridgehead atoms. The van der Waals surface area contributed by atoms with Crippen molar-refractivity contribution in [1.82, 2.24) is 0 Å². The van der Waals surface area contributed by atoms with E-state index in [0.717, 1.165) is 18.2 Å². The summed E-state index contributed by atoms with van der Waals surface area (Å²) in [6, 6.07) is 0. The van der Waals surface area contributed by atoms with Gasteiger partial charge in [0.2, 0.25) is 0 Å². The fourth-order valence-electron chi connectivity index (χ4n) is 3.61. The summed E-state index contributed by atoms with van der Waals surface area (Å²) in [5.41, 5.74) is 0. The molecule has 1 aliphatic heterocycles. The standard InChI is InChI=1S/C11H15BrO3.2C2H6/c12-2-1-9-8-5-7(13)6-10(8)11(9)14-3-4-15-11;2*1-2/h8-10H,1-6H2;2*1-2H3/t8?,9?,10-;;/m1../s1. The van der Waals surface area contributed by atoms with E-state index in [1.165, 1.54) is 0 Å². The highest BCUT2D eigenvalue weighted by Crippen LogP contribution is 2.61. The predicted molar refractivity (Wildman–Crippen MR) is 80.5 cm³/mol. The second kappa shape index (κ2) is 7.75. The molecule has 0 aromatic rings. The Kier molecular flexibility index (Phi) is 6.98. The van der Waals surface area contributed by atoms with Crippen molar-refractivity contribution in [2.24, 2.45) is 17.8 Å². The summed E-state index contributed by atoms with van der Waals surface area (Å²) in [6.45, 7) is 9.38.